The van der Waals surface area contributed by atoms with E-state index in [2.05, 4.69) is 4.98 Å². The van der Waals surface area contributed by atoms with Gasteiger partial charge in [0.1, 0.15) is 0 Å². The highest BCUT2D eigenvalue weighted by molar-refractivity contribution is 7.91. The number of alkyl halides is 1. The number of aromatic nitrogens is 1. The number of hydrogen-bond acceptors (Lipinski definition) is 4. The molecular weight excluding hydrogens is 250 g/mol. The monoisotopic (exact) mass is 263 g/mol. The number of hydrogen-bond donors (Lipinski definition) is 0. The molecule has 0 aliphatic carbocycles. The molecule has 0 saturated heterocycles. The van der Waals surface area contributed by atoms with Gasteiger partial charge in [-0.05, 0) is 18.1 Å². The molecule has 1 unspecified atom stereocenters. The van der Waals surface area contributed by atoms with Gasteiger partial charge in [-0.1, -0.05) is 6.92 Å². The molecule has 0 bridgehead atoms. The molecule has 1 rings (SSSR count). The Kier molecular flexibility index (Phi) is 4.56. The van der Waals surface area contributed by atoms with Crippen LogP contribution in [0.25, 0.3) is 0 Å². The zero-order chi connectivity index (χ0) is 12.2. The number of halogens is 1. The van der Waals surface area contributed by atoms with Crippen LogP contribution in [0.5, 0.6) is 5.75 Å². The Morgan fingerprint density at radius 1 is 1.56 bits per heavy atom. The average molecular weight is 264 g/mol. The zero-order valence-electron chi connectivity index (χ0n) is 9.18. The summed E-state index contributed by atoms with van der Waals surface area (Å²) in [6.07, 6.45) is 1.43. The number of rotatable bonds is 5. The summed E-state index contributed by atoms with van der Waals surface area (Å²) in [6, 6.07) is 3.20. The van der Waals surface area contributed by atoms with Gasteiger partial charge in [-0.15, -0.1) is 11.6 Å². The molecule has 0 aliphatic rings. The van der Waals surface area contributed by atoms with Crippen LogP contribution >= 0.6 is 11.6 Å². The zero-order valence-corrected chi connectivity index (χ0v) is 10.8. The van der Waals surface area contributed by atoms with Gasteiger partial charge in [0.15, 0.2) is 20.6 Å². The first-order valence-electron chi connectivity index (χ1n) is 4.79. The maximum atomic E-state index is 12.0. The van der Waals surface area contributed by atoms with E-state index in [-0.39, 0.29) is 22.4 Å². The van der Waals surface area contributed by atoms with E-state index in [1.807, 2.05) is 0 Å². The van der Waals surface area contributed by atoms with Gasteiger partial charge in [0.05, 0.1) is 12.9 Å². The molecule has 16 heavy (non-hydrogen) atoms. The molecule has 0 radical (unpaired) electrons. The SMILES string of the molecule is COc1cccnc1S(=O)(=O)CC(C)CCl. The second-order valence-electron chi connectivity index (χ2n) is 3.55. The van der Waals surface area contributed by atoms with Crippen LogP contribution in [0.15, 0.2) is 23.4 Å². The molecule has 0 aromatic carbocycles. The minimum absolute atomic E-state index is 0.0190. The van der Waals surface area contributed by atoms with Crippen molar-refractivity contribution in [3.05, 3.63) is 18.3 Å². The lowest BCUT2D eigenvalue weighted by atomic mass is 10.3. The maximum absolute atomic E-state index is 12.0. The smallest absolute Gasteiger partial charge is 0.199 e. The number of sulfone groups is 1. The van der Waals surface area contributed by atoms with Gasteiger partial charge < -0.3 is 4.74 Å². The van der Waals surface area contributed by atoms with Gasteiger partial charge in [-0.25, -0.2) is 13.4 Å². The second kappa shape index (κ2) is 5.50. The summed E-state index contributed by atoms with van der Waals surface area (Å²) in [5.41, 5.74) is 0. The molecule has 1 aromatic rings. The number of methoxy groups -OCH3 is 1. The van der Waals surface area contributed by atoms with Crippen molar-refractivity contribution in [2.75, 3.05) is 18.7 Å². The summed E-state index contributed by atoms with van der Waals surface area (Å²) >= 11 is 5.60. The highest BCUT2D eigenvalue weighted by Gasteiger charge is 2.23. The van der Waals surface area contributed by atoms with Gasteiger partial charge >= 0.3 is 0 Å². The first-order chi connectivity index (χ1) is 7.51. The molecule has 0 saturated carbocycles. The summed E-state index contributed by atoms with van der Waals surface area (Å²) in [5.74, 6) is 0.431. The van der Waals surface area contributed by atoms with Crippen LogP contribution in [0.1, 0.15) is 6.92 Å². The first kappa shape index (κ1) is 13.3. The summed E-state index contributed by atoms with van der Waals surface area (Å²) in [4.78, 5) is 3.85. The van der Waals surface area contributed by atoms with Gasteiger partial charge in [0.2, 0.25) is 0 Å². The fourth-order valence-corrected chi connectivity index (χ4v) is 3.21. The second-order valence-corrected chi connectivity index (χ2v) is 5.81. The van der Waals surface area contributed by atoms with Crippen LogP contribution in [-0.2, 0) is 9.84 Å². The summed E-state index contributed by atoms with van der Waals surface area (Å²) in [7, 11) is -2.02. The van der Waals surface area contributed by atoms with E-state index < -0.39 is 9.84 Å². The van der Waals surface area contributed by atoms with Crippen LogP contribution in [0, 0.1) is 5.92 Å². The van der Waals surface area contributed by atoms with Crippen molar-refractivity contribution in [2.45, 2.75) is 11.9 Å². The van der Waals surface area contributed by atoms with E-state index in [9.17, 15) is 8.42 Å². The van der Waals surface area contributed by atoms with Crippen LogP contribution in [0.4, 0.5) is 0 Å². The third-order valence-electron chi connectivity index (χ3n) is 2.02. The largest absolute Gasteiger partial charge is 0.494 e. The molecule has 0 spiro atoms. The van der Waals surface area contributed by atoms with E-state index in [0.29, 0.717) is 5.88 Å². The van der Waals surface area contributed by atoms with Gasteiger partial charge in [-0.3, -0.25) is 0 Å². The molecule has 6 heteroatoms. The van der Waals surface area contributed by atoms with Crippen molar-refractivity contribution in [1.82, 2.24) is 4.98 Å². The summed E-state index contributed by atoms with van der Waals surface area (Å²) in [6.45, 7) is 1.78. The van der Waals surface area contributed by atoms with Crippen molar-refractivity contribution in [2.24, 2.45) is 5.92 Å². The van der Waals surface area contributed by atoms with Crippen molar-refractivity contribution in [3.63, 3.8) is 0 Å². The Bertz CT molecular complexity index is 447. The van der Waals surface area contributed by atoms with Crippen LogP contribution in [-0.4, -0.2) is 32.1 Å². The molecule has 0 N–H and O–H groups in total. The fourth-order valence-electron chi connectivity index (χ4n) is 1.26. The summed E-state index contributed by atoms with van der Waals surface area (Å²) in [5, 5.41) is -0.0190. The number of pyridine rings is 1. The molecule has 90 valence electrons. The van der Waals surface area contributed by atoms with Gasteiger partial charge in [-0.2, -0.15) is 0 Å². The Morgan fingerprint density at radius 3 is 2.81 bits per heavy atom. The lowest BCUT2D eigenvalue weighted by Gasteiger charge is -2.10. The lowest BCUT2D eigenvalue weighted by Crippen LogP contribution is -2.17. The highest BCUT2D eigenvalue weighted by atomic mass is 35.5. The Hall–Kier alpha value is -0.810. The molecule has 1 atom stereocenters. The predicted octanol–water partition coefficient (Wildman–Crippen LogP) is 1.74. The van der Waals surface area contributed by atoms with E-state index in [0.717, 1.165) is 0 Å². The number of nitrogens with zero attached hydrogens (tertiary/aromatic N) is 1. The minimum Gasteiger partial charge on any atom is -0.494 e. The maximum Gasteiger partial charge on any atom is 0.199 e. The molecule has 1 heterocycles. The molecular formula is C10H14ClNO3S. The Morgan fingerprint density at radius 2 is 2.25 bits per heavy atom. The first-order valence-corrected chi connectivity index (χ1v) is 6.97. The van der Waals surface area contributed by atoms with E-state index in [1.165, 1.54) is 13.3 Å². The Balaban J connectivity index is 3.07. The van der Waals surface area contributed by atoms with E-state index in [4.69, 9.17) is 16.3 Å². The normalized spacial score (nSPS) is 13.4. The standard InChI is InChI=1S/C10H14ClNO3S/c1-8(6-11)7-16(13,14)10-9(15-2)4-3-5-12-10/h3-5,8H,6-7H2,1-2H3. The van der Waals surface area contributed by atoms with Gasteiger partial charge in [0, 0.05) is 12.1 Å². The predicted molar refractivity (Wildman–Crippen MR) is 62.7 cm³/mol. The minimum atomic E-state index is -3.43. The molecule has 1 aromatic heterocycles. The highest BCUT2D eigenvalue weighted by Crippen LogP contribution is 2.22. The molecule has 0 amide bonds. The molecule has 0 fully saturated rings. The average Bonchev–Trinajstić information content (AvgIpc) is 2.28. The van der Waals surface area contributed by atoms with Crippen LogP contribution in [0.2, 0.25) is 0 Å². The molecule has 4 nitrogen and oxygen atoms in total. The summed E-state index contributed by atoms with van der Waals surface area (Å²) < 4.78 is 28.9. The van der Waals surface area contributed by atoms with E-state index in [1.54, 1.807) is 19.1 Å². The quantitative estimate of drug-likeness (QED) is 0.760. The third kappa shape index (κ3) is 3.09. The van der Waals surface area contributed by atoms with Crippen LogP contribution in [0.3, 0.4) is 0 Å². The fraction of sp³-hybridized carbons (Fsp3) is 0.500. The van der Waals surface area contributed by atoms with Gasteiger partial charge in [0.25, 0.3) is 0 Å². The van der Waals surface area contributed by atoms with Crippen molar-refractivity contribution < 1.29 is 13.2 Å². The molecule has 0 aliphatic heterocycles. The van der Waals surface area contributed by atoms with E-state index >= 15 is 0 Å². The van der Waals surface area contributed by atoms with Crippen molar-refractivity contribution >= 4 is 21.4 Å². The number of ether oxygens (including phenoxy) is 1. The third-order valence-corrected chi connectivity index (χ3v) is 4.45. The van der Waals surface area contributed by atoms with Crippen LogP contribution < -0.4 is 4.74 Å². The topological polar surface area (TPSA) is 56.3 Å². The Labute approximate surface area is 101 Å². The van der Waals surface area contributed by atoms with Crippen molar-refractivity contribution in [3.8, 4) is 5.75 Å². The van der Waals surface area contributed by atoms with Crippen molar-refractivity contribution in [1.29, 1.82) is 0 Å². The lowest BCUT2D eigenvalue weighted by molar-refractivity contribution is 0.398.